The van der Waals surface area contributed by atoms with Gasteiger partial charge in [0.05, 0.1) is 12.6 Å². The molecule has 5 heteroatoms. The molecule has 16 heavy (non-hydrogen) atoms. The highest BCUT2D eigenvalue weighted by molar-refractivity contribution is 8.00. The minimum absolute atomic E-state index is 0.254. The van der Waals surface area contributed by atoms with E-state index in [1.54, 1.807) is 6.92 Å². The molecule has 1 aliphatic heterocycles. The van der Waals surface area contributed by atoms with Crippen molar-refractivity contribution in [3.05, 3.63) is 23.4 Å². The third-order valence-corrected chi connectivity index (χ3v) is 3.76. The number of aromatic nitrogens is 1. The third kappa shape index (κ3) is 1.92. The summed E-state index contributed by atoms with van der Waals surface area (Å²) in [7, 11) is 0. The molecule has 0 aliphatic carbocycles. The Balaban J connectivity index is 2.23. The first kappa shape index (κ1) is 11.4. The molecule has 0 amide bonds. The van der Waals surface area contributed by atoms with Gasteiger partial charge in [-0.05, 0) is 19.9 Å². The lowest BCUT2D eigenvalue weighted by Crippen LogP contribution is -2.29. The summed E-state index contributed by atoms with van der Waals surface area (Å²) in [6.07, 6.45) is 0. The highest BCUT2D eigenvalue weighted by atomic mass is 32.2. The first-order chi connectivity index (χ1) is 7.63. The van der Waals surface area contributed by atoms with Crippen molar-refractivity contribution in [1.29, 1.82) is 0 Å². The average Bonchev–Trinajstić information content (AvgIpc) is 2.56. The molecule has 4 nitrogen and oxygen atoms in total. The molecule has 2 heterocycles. The van der Waals surface area contributed by atoms with Crippen LogP contribution < -0.4 is 5.73 Å². The summed E-state index contributed by atoms with van der Waals surface area (Å²) in [5.74, 6) is -0.254. The van der Waals surface area contributed by atoms with Gasteiger partial charge < -0.3 is 10.5 Å². The standard InChI is InChI=1S/C11H14N2O2S/c1-3-15-11(14)9-8(12)7-5-4-6(2)13-10(7)16-9/h4-5,8-9H,3,12H2,1-2H3. The predicted octanol–water partition coefficient (Wildman–Crippen LogP) is 1.43. The fourth-order valence-corrected chi connectivity index (χ4v) is 2.90. The van der Waals surface area contributed by atoms with Crippen LogP contribution in [0.1, 0.15) is 24.2 Å². The van der Waals surface area contributed by atoms with Gasteiger partial charge in [-0.1, -0.05) is 17.8 Å². The zero-order valence-electron chi connectivity index (χ0n) is 9.27. The highest BCUT2D eigenvalue weighted by Crippen LogP contribution is 2.42. The van der Waals surface area contributed by atoms with Crippen LogP contribution in [0.3, 0.4) is 0 Å². The topological polar surface area (TPSA) is 65.2 Å². The van der Waals surface area contributed by atoms with Gasteiger partial charge in [0.15, 0.2) is 0 Å². The first-order valence-corrected chi connectivity index (χ1v) is 6.08. The molecule has 0 fully saturated rings. The Morgan fingerprint density at radius 1 is 1.62 bits per heavy atom. The number of thioether (sulfide) groups is 1. The van der Waals surface area contributed by atoms with E-state index < -0.39 is 0 Å². The van der Waals surface area contributed by atoms with Crippen LogP contribution in [0, 0.1) is 6.92 Å². The Bertz CT molecular complexity index is 422. The van der Waals surface area contributed by atoms with Crippen LogP contribution in [-0.4, -0.2) is 22.8 Å². The van der Waals surface area contributed by atoms with Gasteiger partial charge in [0.2, 0.25) is 0 Å². The molecule has 1 aromatic rings. The molecule has 2 rings (SSSR count). The first-order valence-electron chi connectivity index (χ1n) is 5.20. The van der Waals surface area contributed by atoms with Crippen molar-refractivity contribution in [3.8, 4) is 0 Å². The molecule has 0 bridgehead atoms. The lowest BCUT2D eigenvalue weighted by molar-refractivity contribution is -0.142. The number of pyridine rings is 1. The zero-order valence-corrected chi connectivity index (χ0v) is 10.1. The highest BCUT2D eigenvalue weighted by Gasteiger charge is 2.37. The molecule has 0 saturated carbocycles. The van der Waals surface area contributed by atoms with Crippen LogP contribution in [-0.2, 0) is 9.53 Å². The Labute approximate surface area is 98.6 Å². The predicted molar refractivity (Wildman–Crippen MR) is 62.2 cm³/mol. The lowest BCUT2D eigenvalue weighted by Gasteiger charge is -2.12. The molecule has 0 aromatic carbocycles. The van der Waals surface area contributed by atoms with E-state index in [4.69, 9.17) is 10.5 Å². The zero-order chi connectivity index (χ0) is 11.7. The maximum atomic E-state index is 11.7. The van der Waals surface area contributed by atoms with E-state index in [2.05, 4.69) is 4.98 Å². The molecule has 0 spiro atoms. The summed E-state index contributed by atoms with van der Waals surface area (Å²) in [5, 5.41) is 0.495. The Kier molecular flexibility index (Phi) is 3.16. The van der Waals surface area contributed by atoms with Crippen molar-refractivity contribution >= 4 is 17.7 Å². The molecule has 2 N–H and O–H groups in total. The summed E-state index contributed by atoms with van der Waals surface area (Å²) >= 11 is 1.40. The van der Waals surface area contributed by atoms with Crippen LogP contribution in [0.2, 0.25) is 0 Å². The Morgan fingerprint density at radius 3 is 3.06 bits per heavy atom. The Hall–Kier alpha value is -1.07. The molecule has 86 valence electrons. The monoisotopic (exact) mass is 238 g/mol. The fraction of sp³-hybridized carbons (Fsp3) is 0.455. The normalized spacial score (nSPS) is 22.9. The van der Waals surface area contributed by atoms with Crippen LogP contribution >= 0.6 is 11.8 Å². The van der Waals surface area contributed by atoms with Gasteiger partial charge in [-0.15, -0.1) is 0 Å². The van der Waals surface area contributed by atoms with E-state index in [-0.39, 0.29) is 17.3 Å². The van der Waals surface area contributed by atoms with E-state index in [1.165, 1.54) is 11.8 Å². The summed E-state index contributed by atoms with van der Waals surface area (Å²) in [6.45, 7) is 4.09. The third-order valence-electron chi connectivity index (χ3n) is 2.47. The largest absolute Gasteiger partial charge is 0.465 e. The number of aryl methyl sites for hydroxylation is 1. The number of ether oxygens (including phenoxy) is 1. The smallest absolute Gasteiger partial charge is 0.321 e. The summed E-state index contributed by atoms with van der Waals surface area (Å²) in [5.41, 5.74) is 7.88. The molecule has 1 aliphatic rings. The van der Waals surface area contributed by atoms with E-state index in [0.717, 1.165) is 16.3 Å². The van der Waals surface area contributed by atoms with Gasteiger partial charge in [0, 0.05) is 11.3 Å². The molecule has 0 radical (unpaired) electrons. The second kappa shape index (κ2) is 4.43. The minimum Gasteiger partial charge on any atom is -0.465 e. The summed E-state index contributed by atoms with van der Waals surface area (Å²) in [4.78, 5) is 16.0. The van der Waals surface area contributed by atoms with Crippen molar-refractivity contribution in [2.24, 2.45) is 5.73 Å². The quantitative estimate of drug-likeness (QED) is 0.789. The second-order valence-electron chi connectivity index (χ2n) is 3.66. The maximum absolute atomic E-state index is 11.7. The maximum Gasteiger partial charge on any atom is 0.321 e. The van der Waals surface area contributed by atoms with Crippen LogP contribution in [0.5, 0.6) is 0 Å². The SMILES string of the molecule is CCOC(=O)C1Sc2nc(C)ccc2C1N. The number of nitrogens with zero attached hydrogens (tertiary/aromatic N) is 1. The second-order valence-corrected chi connectivity index (χ2v) is 4.79. The molecule has 1 aromatic heterocycles. The number of hydrogen-bond donors (Lipinski definition) is 1. The summed E-state index contributed by atoms with van der Waals surface area (Å²) < 4.78 is 4.99. The van der Waals surface area contributed by atoms with Gasteiger partial charge in [-0.3, -0.25) is 4.79 Å². The lowest BCUT2D eigenvalue weighted by atomic mass is 10.1. The van der Waals surface area contributed by atoms with Gasteiger partial charge in [-0.25, -0.2) is 4.98 Å². The fourth-order valence-electron chi connectivity index (χ4n) is 1.67. The van der Waals surface area contributed by atoms with E-state index in [9.17, 15) is 4.79 Å². The number of fused-ring (bicyclic) bond motifs is 1. The average molecular weight is 238 g/mol. The molecule has 2 atom stereocenters. The van der Waals surface area contributed by atoms with Gasteiger partial charge in [0.25, 0.3) is 0 Å². The molecule has 0 saturated heterocycles. The van der Waals surface area contributed by atoms with Crippen molar-refractivity contribution in [2.75, 3.05) is 6.61 Å². The van der Waals surface area contributed by atoms with Crippen LogP contribution in [0.4, 0.5) is 0 Å². The Morgan fingerprint density at radius 2 is 2.38 bits per heavy atom. The van der Waals surface area contributed by atoms with Gasteiger partial charge in [-0.2, -0.15) is 0 Å². The molecular weight excluding hydrogens is 224 g/mol. The molecule has 2 unspecified atom stereocenters. The number of nitrogens with two attached hydrogens (primary N) is 1. The minimum atomic E-state index is -0.357. The molecular formula is C11H14N2O2S. The van der Waals surface area contributed by atoms with E-state index in [1.807, 2.05) is 19.1 Å². The van der Waals surface area contributed by atoms with E-state index in [0.29, 0.717) is 6.61 Å². The number of carbonyl (C=O) groups is 1. The number of esters is 1. The van der Waals surface area contributed by atoms with Crippen molar-refractivity contribution in [2.45, 2.75) is 30.2 Å². The van der Waals surface area contributed by atoms with Crippen molar-refractivity contribution in [1.82, 2.24) is 4.98 Å². The number of hydrogen-bond acceptors (Lipinski definition) is 5. The summed E-state index contributed by atoms with van der Waals surface area (Å²) in [6, 6.07) is 3.54. The van der Waals surface area contributed by atoms with Crippen molar-refractivity contribution < 1.29 is 9.53 Å². The number of carbonyl (C=O) groups excluding carboxylic acids is 1. The van der Waals surface area contributed by atoms with E-state index >= 15 is 0 Å². The van der Waals surface area contributed by atoms with Gasteiger partial charge >= 0.3 is 5.97 Å². The van der Waals surface area contributed by atoms with Crippen LogP contribution in [0.15, 0.2) is 17.2 Å². The van der Waals surface area contributed by atoms with Crippen molar-refractivity contribution in [3.63, 3.8) is 0 Å². The van der Waals surface area contributed by atoms with Gasteiger partial charge in [0.1, 0.15) is 10.3 Å². The van der Waals surface area contributed by atoms with Crippen LogP contribution in [0.25, 0.3) is 0 Å². The number of rotatable bonds is 2.